The van der Waals surface area contributed by atoms with Gasteiger partial charge in [0.05, 0.1) is 18.4 Å². The lowest BCUT2D eigenvalue weighted by molar-refractivity contribution is 0.0526. The van der Waals surface area contributed by atoms with E-state index in [1.54, 1.807) is 17.8 Å². The number of nitrogens with zero attached hydrogens (tertiary/aromatic N) is 4. The molecule has 0 N–H and O–H groups in total. The van der Waals surface area contributed by atoms with E-state index in [-0.39, 0.29) is 6.54 Å². The van der Waals surface area contributed by atoms with Crippen LogP contribution in [0.4, 0.5) is 0 Å². The molecule has 0 aliphatic heterocycles. The predicted octanol–water partition coefficient (Wildman–Crippen LogP) is 2.47. The number of aryl methyl sites for hydroxylation is 1. The fourth-order valence-electron chi connectivity index (χ4n) is 2.13. The van der Waals surface area contributed by atoms with Crippen molar-refractivity contribution in [3.05, 3.63) is 53.7 Å². The van der Waals surface area contributed by atoms with Gasteiger partial charge in [-0.2, -0.15) is 10.1 Å². The third-order valence-corrected chi connectivity index (χ3v) is 3.19. The van der Waals surface area contributed by atoms with Gasteiger partial charge >= 0.3 is 5.97 Å². The fourth-order valence-corrected chi connectivity index (χ4v) is 2.13. The highest BCUT2D eigenvalue weighted by atomic mass is 16.5. The highest BCUT2D eigenvalue weighted by Gasteiger charge is 2.13. The highest BCUT2D eigenvalue weighted by molar-refractivity contribution is 5.88. The van der Waals surface area contributed by atoms with E-state index in [9.17, 15) is 4.79 Å². The lowest BCUT2D eigenvalue weighted by atomic mass is 10.1. The van der Waals surface area contributed by atoms with Crippen molar-refractivity contribution < 1.29 is 14.1 Å². The number of ether oxygens (including phenoxy) is 1. The third-order valence-electron chi connectivity index (χ3n) is 3.19. The summed E-state index contributed by atoms with van der Waals surface area (Å²) in [4.78, 5) is 16.0. The summed E-state index contributed by atoms with van der Waals surface area (Å²) in [5.74, 6) is 0.547. The van der Waals surface area contributed by atoms with Gasteiger partial charge in [0.25, 0.3) is 0 Å². The van der Waals surface area contributed by atoms with Crippen LogP contribution in [0.5, 0.6) is 0 Å². The SMILES string of the molecule is CCOC(=O)c1cnn(Cc2nc(-c3cccc(C)c3)no2)c1. The topological polar surface area (TPSA) is 83.0 Å². The Morgan fingerprint density at radius 1 is 1.39 bits per heavy atom. The summed E-state index contributed by atoms with van der Waals surface area (Å²) < 4.78 is 11.7. The van der Waals surface area contributed by atoms with Gasteiger partial charge in [-0.05, 0) is 19.9 Å². The van der Waals surface area contributed by atoms with Crippen LogP contribution in [0, 0.1) is 6.92 Å². The molecule has 2 aromatic heterocycles. The molecule has 0 fully saturated rings. The Bertz CT molecular complexity index is 822. The van der Waals surface area contributed by atoms with Gasteiger partial charge in [-0.15, -0.1) is 0 Å². The standard InChI is InChI=1S/C16H16N4O3/c1-3-22-16(21)13-8-17-20(9-13)10-14-18-15(19-23-14)12-6-4-5-11(2)7-12/h4-9H,3,10H2,1-2H3. The van der Waals surface area contributed by atoms with Crippen molar-refractivity contribution in [3.63, 3.8) is 0 Å². The smallest absolute Gasteiger partial charge is 0.341 e. The maximum absolute atomic E-state index is 11.6. The fraction of sp³-hybridized carbons (Fsp3) is 0.250. The molecule has 3 rings (SSSR count). The van der Waals surface area contributed by atoms with Crippen molar-refractivity contribution in [2.24, 2.45) is 0 Å². The van der Waals surface area contributed by atoms with Gasteiger partial charge < -0.3 is 9.26 Å². The maximum atomic E-state index is 11.6. The first kappa shape index (κ1) is 15.0. The second-order valence-corrected chi connectivity index (χ2v) is 5.03. The second-order valence-electron chi connectivity index (χ2n) is 5.03. The average molecular weight is 312 g/mol. The van der Waals surface area contributed by atoms with Gasteiger partial charge in [-0.3, -0.25) is 4.68 Å². The normalized spacial score (nSPS) is 10.7. The summed E-state index contributed by atoms with van der Waals surface area (Å²) >= 11 is 0. The first-order valence-electron chi connectivity index (χ1n) is 7.25. The molecule has 23 heavy (non-hydrogen) atoms. The molecule has 0 bridgehead atoms. The molecule has 7 heteroatoms. The van der Waals surface area contributed by atoms with Crippen LogP contribution in [0.15, 0.2) is 41.2 Å². The van der Waals surface area contributed by atoms with Crippen LogP contribution in [-0.2, 0) is 11.3 Å². The predicted molar refractivity (Wildman–Crippen MR) is 81.8 cm³/mol. The minimum atomic E-state index is -0.398. The number of benzene rings is 1. The van der Waals surface area contributed by atoms with Crippen LogP contribution in [-0.4, -0.2) is 32.5 Å². The Balaban J connectivity index is 1.73. The van der Waals surface area contributed by atoms with E-state index in [2.05, 4.69) is 15.2 Å². The van der Waals surface area contributed by atoms with Gasteiger partial charge in [0.1, 0.15) is 6.54 Å². The summed E-state index contributed by atoms with van der Waals surface area (Å²) in [6.45, 7) is 4.38. The Morgan fingerprint density at radius 3 is 3.04 bits per heavy atom. The lowest BCUT2D eigenvalue weighted by Crippen LogP contribution is -2.04. The van der Waals surface area contributed by atoms with Crippen LogP contribution in [0.3, 0.4) is 0 Å². The molecule has 0 saturated carbocycles. The van der Waals surface area contributed by atoms with E-state index in [4.69, 9.17) is 9.26 Å². The van der Waals surface area contributed by atoms with Crippen molar-refractivity contribution >= 4 is 5.97 Å². The zero-order chi connectivity index (χ0) is 16.2. The van der Waals surface area contributed by atoms with Crippen LogP contribution in [0.25, 0.3) is 11.4 Å². The molecule has 2 heterocycles. The molecular formula is C16H16N4O3. The third kappa shape index (κ3) is 3.45. The minimum Gasteiger partial charge on any atom is -0.462 e. The number of aromatic nitrogens is 4. The zero-order valence-corrected chi connectivity index (χ0v) is 12.9. The molecule has 0 aliphatic rings. The number of carbonyl (C=O) groups is 1. The van der Waals surface area contributed by atoms with Crippen molar-refractivity contribution in [1.82, 2.24) is 19.9 Å². The minimum absolute atomic E-state index is 0.290. The molecule has 0 unspecified atom stereocenters. The summed E-state index contributed by atoms with van der Waals surface area (Å²) in [7, 11) is 0. The number of hydrogen-bond donors (Lipinski definition) is 0. The maximum Gasteiger partial charge on any atom is 0.341 e. The van der Waals surface area contributed by atoms with Crippen molar-refractivity contribution in [3.8, 4) is 11.4 Å². The Kier molecular flexibility index (Phi) is 4.18. The molecule has 3 aromatic rings. The average Bonchev–Trinajstić information content (AvgIpc) is 3.17. The Morgan fingerprint density at radius 2 is 2.26 bits per heavy atom. The van der Waals surface area contributed by atoms with E-state index in [1.165, 1.54) is 6.20 Å². The molecule has 1 aromatic carbocycles. The molecule has 7 nitrogen and oxygen atoms in total. The van der Waals surface area contributed by atoms with Gasteiger partial charge in [0, 0.05) is 11.8 Å². The molecule has 0 radical (unpaired) electrons. The van der Waals surface area contributed by atoms with Gasteiger partial charge in [0.15, 0.2) is 0 Å². The largest absolute Gasteiger partial charge is 0.462 e. The number of esters is 1. The monoisotopic (exact) mass is 312 g/mol. The Hall–Kier alpha value is -2.96. The Labute approximate surface area is 132 Å². The molecule has 118 valence electrons. The van der Waals surface area contributed by atoms with Crippen LogP contribution in [0.1, 0.15) is 28.7 Å². The van der Waals surface area contributed by atoms with Crippen LogP contribution >= 0.6 is 0 Å². The molecular weight excluding hydrogens is 296 g/mol. The number of carbonyl (C=O) groups excluding carboxylic acids is 1. The molecule has 0 atom stereocenters. The van der Waals surface area contributed by atoms with E-state index in [0.717, 1.165) is 11.1 Å². The van der Waals surface area contributed by atoms with E-state index in [1.807, 2.05) is 31.2 Å². The van der Waals surface area contributed by atoms with Crippen molar-refractivity contribution in [1.29, 1.82) is 0 Å². The first-order chi connectivity index (χ1) is 11.2. The molecule has 0 aliphatic carbocycles. The van der Waals surface area contributed by atoms with Gasteiger partial charge in [-0.25, -0.2) is 4.79 Å². The van der Waals surface area contributed by atoms with Gasteiger partial charge in [0.2, 0.25) is 11.7 Å². The molecule has 0 amide bonds. The van der Waals surface area contributed by atoms with E-state index in [0.29, 0.717) is 23.9 Å². The molecule has 0 saturated heterocycles. The summed E-state index contributed by atoms with van der Waals surface area (Å²) in [6, 6.07) is 7.86. The van der Waals surface area contributed by atoms with Crippen molar-refractivity contribution in [2.75, 3.05) is 6.61 Å². The van der Waals surface area contributed by atoms with Crippen molar-refractivity contribution in [2.45, 2.75) is 20.4 Å². The first-order valence-corrected chi connectivity index (χ1v) is 7.25. The van der Waals surface area contributed by atoms with E-state index < -0.39 is 5.97 Å². The second kappa shape index (κ2) is 6.43. The summed E-state index contributed by atoms with van der Waals surface area (Å²) in [5.41, 5.74) is 2.41. The summed E-state index contributed by atoms with van der Waals surface area (Å²) in [6.07, 6.45) is 3.05. The zero-order valence-electron chi connectivity index (χ0n) is 12.9. The summed E-state index contributed by atoms with van der Waals surface area (Å²) in [5, 5.41) is 8.08. The highest BCUT2D eigenvalue weighted by Crippen LogP contribution is 2.17. The lowest BCUT2D eigenvalue weighted by Gasteiger charge is -1.97. The number of rotatable bonds is 5. The van der Waals surface area contributed by atoms with Gasteiger partial charge in [-0.1, -0.05) is 28.9 Å². The number of hydrogen-bond acceptors (Lipinski definition) is 6. The quantitative estimate of drug-likeness (QED) is 0.673. The van der Waals surface area contributed by atoms with Crippen LogP contribution < -0.4 is 0 Å². The van der Waals surface area contributed by atoms with Crippen LogP contribution in [0.2, 0.25) is 0 Å². The van der Waals surface area contributed by atoms with E-state index >= 15 is 0 Å². The molecule has 0 spiro atoms.